The molecule has 2 aromatic rings. The molecule has 0 radical (unpaired) electrons. The first-order chi connectivity index (χ1) is 16.6. The number of likely N-dealkylation sites (tertiary alicyclic amines) is 1. The number of sulfonamides is 1. The van der Waals surface area contributed by atoms with E-state index in [0.29, 0.717) is 32.1 Å². The topological polar surface area (TPSA) is 60.9 Å². The molecule has 5 nitrogen and oxygen atoms in total. The molecule has 3 unspecified atom stereocenters. The molecule has 3 atom stereocenters. The lowest BCUT2D eigenvalue weighted by Gasteiger charge is -2.39. The standard InChI is InChI=1S/C26H32ClF3N2O3S/c1-16(2)23-11-17(13-31-14-19-7-8-20(15-31)32(19)36(4,34)35)5-9-21(23)22-10-6-18(12-24(22)27)25(3,33)26(28,29)30/h5-6,9-12,16,19-20,33H,7-8,13-15H2,1-4H3. The molecule has 0 aromatic heterocycles. The van der Waals surface area contributed by atoms with Crippen LogP contribution in [0.4, 0.5) is 13.2 Å². The van der Waals surface area contributed by atoms with Crippen molar-refractivity contribution in [1.29, 1.82) is 0 Å². The van der Waals surface area contributed by atoms with Gasteiger partial charge in [0.2, 0.25) is 10.0 Å². The van der Waals surface area contributed by atoms with Crippen molar-refractivity contribution in [2.45, 2.75) is 69.9 Å². The number of piperazine rings is 1. The Morgan fingerprint density at radius 1 is 1.06 bits per heavy atom. The van der Waals surface area contributed by atoms with Crippen LogP contribution in [0.3, 0.4) is 0 Å². The molecule has 198 valence electrons. The number of rotatable bonds is 6. The van der Waals surface area contributed by atoms with E-state index in [9.17, 15) is 26.7 Å². The number of halogens is 4. The van der Waals surface area contributed by atoms with Crippen LogP contribution in [-0.2, 0) is 22.2 Å². The highest BCUT2D eigenvalue weighted by Gasteiger charge is 2.51. The van der Waals surface area contributed by atoms with E-state index < -0.39 is 21.8 Å². The maximum Gasteiger partial charge on any atom is 0.421 e. The number of fused-ring (bicyclic) bond motifs is 2. The Kier molecular flexibility index (Phi) is 7.29. The van der Waals surface area contributed by atoms with E-state index >= 15 is 0 Å². The zero-order valence-electron chi connectivity index (χ0n) is 20.8. The monoisotopic (exact) mass is 544 g/mol. The van der Waals surface area contributed by atoms with Crippen molar-refractivity contribution in [2.75, 3.05) is 19.3 Å². The molecule has 2 aliphatic heterocycles. The SMILES string of the molecule is CC(C)c1cc(CN2CC3CCC(C2)N3S(C)(=O)=O)ccc1-c1ccc(C(C)(O)C(F)(F)F)cc1Cl. The third kappa shape index (κ3) is 5.18. The number of hydrogen-bond acceptors (Lipinski definition) is 4. The molecule has 4 rings (SSSR count). The van der Waals surface area contributed by atoms with Crippen LogP contribution in [-0.4, -0.2) is 60.3 Å². The molecule has 10 heteroatoms. The Hall–Kier alpha value is -1.65. The summed E-state index contributed by atoms with van der Waals surface area (Å²) < 4.78 is 65.9. The summed E-state index contributed by atoms with van der Waals surface area (Å²) in [7, 11) is -3.22. The number of alkyl halides is 3. The molecule has 0 spiro atoms. The minimum atomic E-state index is -4.82. The van der Waals surface area contributed by atoms with Gasteiger partial charge in [-0.15, -0.1) is 0 Å². The van der Waals surface area contributed by atoms with Crippen LogP contribution >= 0.6 is 11.6 Å². The van der Waals surface area contributed by atoms with Crippen molar-refractivity contribution in [1.82, 2.24) is 9.21 Å². The maximum atomic E-state index is 13.3. The molecule has 0 saturated carbocycles. The largest absolute Gasteiger partial charge is 0.421 e. The number of aliphatic hydroxyl groups is 1. The van der Waals surface area contributed by atoms with Gasteiger partial charge >= 0.3 is 6.18 Å². The third-order valence-electron chi connectivity index (χ3n) is 7.39. The first-order valence-corrected chi connectivity index (χ1v) is 14.3. The van der Waals surface area contributed by atoms with Crippen molar-refractivity contribution in [3.63, 3.8) is 0 Å². The van der Waals surface area contributed by atoms with Gasteiger partial charge in [0.15, 0.2) is 5.60 Å². The van der Waals surface area contributed by atoms with E-state index in [1.54, 1.807) is 4.31 Å². The highest BCUT2D eigenvalue weighted by molar-refractivity contribution is 7.88. The van der Waals surface area contributed by atoms with Gasteiger partial charge in [-0.1, -0.05) is 55.8 Å². The van der Waals surface area contributed by atoms with Crippen molar-refractivity contribution in [3.8, 4) is 11.1 Å². The fourth-order valence-corrected chi connectivity index (χ4v) is 7.22. The minimum absolute atomic E-state index is 0.00817. The highest BCUT2D eigenvalue weighted by atomic mass is 35.5. The Morgan fingerprint density at radius 2 is 1.64 bits per heavy atom. The Labute approximate surface area is 215 Å². The van der Waals surface area contributed by atoms with Crippen molar-refractivity contribution in [2.24, 2.45) is 0 Å². The maximum absolute atomic E-state index is 13.3. The number of benzene rings is 2. The molecule has 2 aromatic carbocycles. The van der Waals surface area contributed by atoms with Gasteiger partial charge in [0.05, 0.1) is 6.26 Å². The van der Waals surface area contributed by atoms with E-state index in [0.717, 1.165) is 29.5 Å². The molecule has 2 bridgehead atoms. The van der Waals surface area contributed by atoms with E-state index in [2.05, 4.69) is 11.0 Å². The quantitative estimate of drug-likeness (QED) is 0.521. The first-order valence-electron chi connectivity index (χ1n) is 12.0. The van der Waals surface area contributed by atoms with Crippen LogP contribution in [0, 0.1) is 0 Å². The lowest BCUT2D eigenvalue weighted by Crippen LogP contribution is -2.54. The zero-order chi connectivity index (χ0) is 26.6. The molecule has 2 saturated heterocycles. The van der Waals surface area contributed by atoms with Gasteiger partial charge in [0.1, 0.15) is 0 Å². The lowest BCUT2D eigenvalue weighted by molar-refractivity contribution is -0.258. The van der Waals surface area contributed by atoms with Crippen LogP contribution in [0.25, 0.3) is 11.1 Å². The summed E-state index contributed by atoms with van der Waals surface area (Å²) in [4.78, 5) is 2.30. The van der Waals surface area contributed by atoms with Gasteiger partial charge in [-0.05, 0) is 54.0 Å². The number of hydrogen-bond donors (Lipinski definition) is 1. The Morgan fingerprint density at radius 3 is 2.14 bits per heavy atom. The third-order valence-corrected chi connectivity index (χ3v) is 9.07. The Balaban J connectivity index is 1.59. The van der Waals surface area contributed by atoms with Crippen LogP contribution < -0.4 is 0 Å². The van der Waals surface area contributed by atoms with Gasteiger partial charge in [-0.25, -0.2) is 8.42 Å². The average molecular weight is 545 g/mol. The summed E-state index contributed by atoms with van der Waals surface area (Å²) in [6, 6.07) is 10.0. The predicted molar refractivity (Wildman–Crippen MR) is 135 cm³/mol. The fraction of sp³-hybridized carbons (Fsp3) is 0.538. The summed E-state index contributed by atoms with van der Waals surface area (Å²) in [6.45, 7) is 6.87. The zero-order valence-corrected chi connectivity index (χ0v) is 22.4. The highest BCUT2D eigenvalue weighted by Crippen LogP contribution is 2.42. The summed E-state index contributed by atoms with van der Waals surface area (Å²) in [5.41, 5.74) is 0.229. The average Bonchev–Trinajstić information content (AvgIpc) is 3.05. The van der Waals surface area contributed by atoms with Gasteiger partial charge in [-0.3, -0.25) is 4.90 Å². The molecule has 0 aliphatic carbocycles. The molecular weight excluding hydrogens is 513 g/mol. The van der Waals surface area contributed by atoms with E-state index in [1.165, 1.54) is 24.5 Å². The van der Waals surface area contributed by atoms with Gasteiger partial charge in [0.25, 0.3) is 0 Å². The smallest absolute Gasteiger partial charge is 0.376 e. The van der Waals surface area contributed by atoms with Crippen LogP contribution in [0.15, 0.2) is 36.4 Å². The normalized spacial score (nSPS) is 23.3. The molecule has 2 fully saturated rings. The molecule has 2 aliphatic rings. The van der Waals surface area contributed by atoms with E-state index in [-0.39, 0.29) is 28.6 Å². The lowest BCUT2D eigenvalue weighted by atomic mass is 9.88. The second-order valence-electron chi connectivity index (χ2n) is 10.5. The molecule has 2 heterocycles. The van der Waals surface area contributed by atoms with Crippen molar-refractivity contribution in [3.05, 3.63) is 58.1 Å². The van der Waals surface area contributed by atoms with Crippen molar-refractivity contribution >= 4 is 21.6 Å². The van der Waals surface area contributed by atoms with Crippen LogP contribution in [0.2, 0.25) is 5.02 Å². The first kappa shape index (κ1) is 27.4. The second-order valence-corrected chi connectivity index (χ2v) is 12.8. The van der Waals surface area contributed by atoms with Crippen LogP contribution in [0.5, 0.6) is 0 Å². The minimum Gasteiger partial charge on any atom is -0.376 e. The van der Waals surface area contributed by atoms with Crippen LogP contribution in [0.1, 0.15) is 56.2 Å². The molecule has 36 heavy (non-hydrogen) atoms. The summed E-state index contributed by atoms with van der Waals surface area (Å²) in [5.74, 6) is 0.132. The predicted octanol–water partition coefficient (Wildman–Crippen LogP) is 5.51. The summed E-state index contributed by atoms with van der Waals surface area (Å²) in [6.07, 6.45) is -1.79. The van der Waals surface area contributed by atoms with Gasteiger partial charge < -0.3 is 5.11 Å². The molecular formula is C26H32ClF3N2O3S. The summed E-state index contributed by atoms with van der Waals surface area (Å²) >= 11 is 6.44. The van der Waals surface area contributed by atoms with E-state index in [1.807, 2.05) is 26.0 Å². The second kappa shape index (κ2) is 9.58. The van der Waals surface area contributed by atoms with Gasteiger partial charge in [-0.2, -0.15) is 17.5 Å². The number of nitrogens with zero attached hydrogens (tertiary/aromatic N) is 2. The Bertz CT molecular complexity index is 1230. The fourth-order valence-electron chi connectivity index (χ4n) is 5.51. The molecule has 1 N–H and O–H groups in total. The summed E-state index contributed by atoms with van der Waals surface area (Å²) in [5, 5.41) is 10.2. The van der Waals surface area contributed by atoms with E-state index in [4.69, 9.17) is 11.6 Å². The van der Waals surface area contributed by atoms with Gasteiger partial charge in [0, 0.05) is 42.3 Å². The molecule has 0 amide bonds. The van der Waals surface area contributed by atoms with Crippen molar-refractivity contribution < 1.29 is 26.7 Å².